The van der Waals surface area contributed by atoms with Crippen molar-refractivity contribution in [3.8, 4) is 0 Å². The van der Waals surface area contributed by atoms with Gasteiger partial charge >= 0.3 is 0 Å². The first-order chi connectivity index (χ1) is 6.43. The van der Waals surface area contributed by atoms with Crippen LogP contribution in [0.25, 0.3) is 0 Å². The summed E-state index contributed by atoms with van der Waals surface area (Å²) < 4.78 is 15.5. The standard InChI is InChI=1S/C9H13ClO3/c10-4-6-11-7-8-13-9-3-1-2-5-12-9/h1-3,5,9H,4,6-8H2. The van der Waals surface area contributed by atoms with Crippen LogP contribution in [0.3, 0.4) is 0 Å². The molecule has 1 heterocycles. The van der Waals surface area contributed by atoms with Crippen LogP contribution in [0.1, 0.15) is 0 Å². The monoisotopic (exact) mass is 204 g/mol. The Bertz CT molecular complexity index is 180. The summed E-state index contributed by atoms with van der Waals surface area (Å²) >= 11 is 5.42. The van der Waals surface area contributed by atoms with Crippen molar-refractivity contribution in [3.05, 3.63) is 24.5 Å². The number of halogens is 1. The van der Waals surface area contributed by atoms with Crippen molar-refractivity contribution in [2.45, 2.75) is 6.29 Å². The van der Waals surface area contributed by atoms with Crippen molar-refractivity contribution in [3.63, 3.8) is 0 Å². The van der Waals surface area contributed by atoms with Crippen molar-refractivity contribution < 1.29 is 14.2 Å². The first-order valence-corrected chi connectivity index (χ1v) is 4.71. The largest absolute Gasteiger partial charge is 0.469 e. The minimum Gasteiger partial charge on any atom is -0.469 e. The van der Waals surface area contributed by atoms with Crippen LogP contribution >= 0.6 is 11.6 Å². The fourth-order valence-electron chi connectivity index (χ4n) is 0.843. The van der Waals surface area contributed by atoms with Crippen LogP contribution in [0.5, 0.6) is 0 Å². The summed E-state index contributed by atoms with van der Waals surface area (Å²) in [4.78, 5) is 0. The second-order valence-electron chi connectivity index (χ2n) is 2.39. The van der Waals surface area contributed by atoms with Gasteiger partial charge in [0.25, 0.3) is 0 Å². The van der Waals surface area contributed by atoms with E-state index in [1.54, 1.807) is 6.26 Å². The zero-order chi connectivity index (χ0) is 9.36. The molecule has 0 saturated heterocycles. The number of allylic oxidation sites excluding steroid dienone is 2. The third-order valence-corrected chi connectivity index (χ3v) is 1.56. The van der Waals surface area contributed by atoms with Gasteiger partial charge in [0.2, 0.25) is 6.29 Å². The molecule has 0 N–H and O–H groups in total. The molecule has 0 fully saturated rings. The molecule has 0 aromatic rings. The molecule has 1 atom stereocenters. The molecule has 1 rings (SSSR count). The minimum absolute atomic E-state index is 0.274. The first-order valence-electron chi connectivity index (χ1n) is 4.17. The van der Waals surface area contributed by atoms with Gasteiger partial charge in [0.1, 0.15) is 0 Å². The van der Waals surface area contributed by atoms with E-state index in [0.29, 0.717) is 25.7 Å². The summed E-state index contributed by atoms with van der Waals surface area (Å²) in [5.41, 5.74) is 0. The number of hydrogen-bond acceptors (Lipinski definition) is 3. The zero-order valence-corrected chi connectivity index (χ0v) is 8.07. The van der Waals surface area contributed by atoms with Gasteiger partial charge in [-0.25, -0.2) is 0 Å². The predicted molar refractivity (Wildman–Crippen MR) is 50.6 cm³/mol. The maximum absolute atomic E-state index is 5.42. The highest BCUT2D eigenvalue weighted by Crippen LogP contribution is 2.03. The summed E-state index contributed by atoms with van der Waals surface area (Å²) in [6.07, 6.45) is 6.85. The van der Waals surface area contributed by atoms with Crippen LogP contribution in [-0.4, -0.2) is 32.0 Å². The third-order valence-electron chi connectivity index (χ3n) is 1.40. The average Bonchev–Trinajstić information content (AvgIpc) is 2.19. The number of ether oxygens (including phenoxy) is 3. The van der Waals surface area contributed by atoms with Gasteiger partial charge in [-0.05, 0) is 12.2 Å². The smallest absolute Gasteiger partial charge is 0.219 e. The summed E-state index contributed by atoms with van der Waals surface area (Å²) in [5, 5.41) is 0. The number of rotatable bonds is 6. The Morgan fingerprint density at radius 3 is 2.85 bits per heavy atom. The highest BCUT2D eigenvalue weighted by Gasteiger charge is 2.04. The summed E-state index contributed by atoms with van der Waals surface area (Å²) in [7, 11) is 0. The van der Waals surface area contributed by atoms with Gasteiger partial charge in [0, 0.05) is 5.88 Å². The molecule has 1 unspecified atom stereocenters. The van der Waals surface area contributed by atoms with Crippen LogP contribution in [0.15, 0.2) is 24.5 Å². The van der Waals surface area contributed by atoms with Gasteiger partial charge in [-0.2, -0.15) is 0 Å². The van der Waals surface area contributed by atoms with E-state index in [1.165, 1.54) is 0 Å². The molecule has 0 aromatic heterocycles. The lowest BCUT2D eigenvalue weighted by Crippen LogP contribution is -2.16. The Morgan fingerprint density at radius 1 is 1.23 bits per heavy atom. The summed E-state index contributed by atoms with van der Waals surface area (Å²) in [6.45, 7) is 1.62. The molecule has 74 valence electrons. The van der Waals surface area contributed by atoms with E-state index in [1.807, 2.05) is 18.2 Å². The van der Waals surface area contributed by atoms with Crippen molar-refractivity contribution in [2.75, 3.05) is 25.7 Å². The minimum atomic E-state index is -0.274. The van der Waals surface area contributed by atoms with Crippen molar-refractivity contribution in [1.82, 2.24) is 0 Å². The third kappa shape index (κ3) is 4.93. The fourth-order valence-corrected chi connectivity index (χ4v) is 0.952. The van der Waals surface area contributed by atoms with Crippen LogP contribution in [0, 0.1) is 0 Å². The number of hydrogen-bond donors (Lipinski definition) is 0. The molecule has 13 heavy (non-hydrogen) atoms. The lowest BCUT2D eigenvalue weighted by atomic mass is 10.4. The van der Waals surface area contributed by atoms with E-state index in [9.17, 15) is 0 Å². The van der Waals surface area contributed by atoms with Crippen molar-refractivity contribution in [1.29, 1.82) is 0 Å². The Hall–Kier alpha value is -0.510. The Morgan fingerprint density at radius 2 is 2.15 bits per heavy atom. The molecule has 0 aromatic carbocycles. The molecule has 0 bridgehead atoms. The van der Waals surface area contributed by atoms with Crippen molar-refractivity contribution in [2.24, 2.45) is 0 Å². The summed E-state index contributed by atoms with van der Waals surface area (Å²) in [5.74, 6) is 0.516. The first kappa shape index (κ1) is 10.6. The molecular formula is C9H13ClO3. The highest BCUT2D eigenvalue weighted by molar-refractivity contribution is 6.17. The molecule has 0 aliphatic carbocycles. The second kappa shape index (κ2) is 6.95. The average molecular weight is 205 g/mol. The number of alkyl halides is 1. The van der Waals surface area contributed by atoms with E-state index in [0.717, 1.165) is 0 Å². The molecule has 1 aliphatic rings. The molecule has 3 nitrogen and oxygen atoms in total. The maximum atomic E-state index is 5.42. The van der Waals surface area contributed by atoms with Gasteiger partial charge in [-0.3, -0.25) is 0 Å². The quantitative estimate of drug-likeness (QED) is 0.487. The molecule has 4 heteroatoms. The van der Waals surface area contributed by atoms with Gasteiger partial charge in [0.05, 0.1) is 26.1 Å². The normalized spacial score (nSPS) is 20.2. The molecule has 0 spiro atoms. The van der Waals surface area contributed by atoms with E-state index >= 15 is 0 Å². The van der Waals surface area contributed by atoms with E-state index in [2.05, 4.69) is 0 Å². The molecular weight excluding hydrogens is 192 g/mol. The molecule has 0 saturated carbocycles. The maximum Gasteiger partial charge on any atom is 0.219 e. The molecule has 1 aliphatic heterocycles. The van der Waals surface area contributed by atoms with Gasteiger partial charge < -0.3 is 14.2 Å². The Labute approximate surface area is 82.9 Å². The van der Waals surface area contributed by atoms with Crippen molar-refractivity contribution >= 4 is 11.6 Å². The highest BCUT2D eigenvalue weighted by atomic mass is 35.5. The van der Waals surface area contributed by atoms with Gasteiger partial charge in [0.15, 0.2) is 0 Å². The lowest BCUT2D eigenvalue weighted by Gasteiger charge is -2.15. The van der Waals surface area contributed by atoms with E-state index in [-0.39, 0.29) is 6.29 Å². The van der Waals surface area contributed by atoms with E-state index < -0.39 is 0 Å². The van der Waals surface area contributed by atoms with Crippen LogP contribution in [0.2, 0.25) is 0 Å². The Kier molecular flexibility index (Phi) is 5.65. The predicted octanol–water partition coefficient (Wildman–Crippen LogP) is 1.68. The molecule has 0 amide bonds. The fraction of sp³-hybridized carbons (Fsp3) is 0.556. The molecule has 0 radical (unpaired) electrons. The van der Waals surface area contributed by atoms with Gasteiger partial charge in [-0.15, -0.1) is 11.6 Å². The van der Waals surface area contributed by atoms with Gasteiger partial charge in [-0.1, -0.05) is 6.08 Å². The Balaban J connectivity index is 1.93. The van der Waals surface area contributed by atoms with Crippen LogP contribution < -0.4 is 0 Å². The second-order valence-corrected chi connectivity index (χ2v) is 2.77. The zero-order valence-electron chi connectivity index (χ0n) is 7.32. The lowest BCUT2D eigenvalue weighted by molar-refractivity contribution is -0.0883. The topological polar surface area (TPSA) is 27.7 Å². The van der Waals surface area contributed by atoms with Crippen LogP contribution in [-0.2, 0) is 14.2 Å². The summed E-state index contributed by atoms with van der Waals surface area (Å²) in [6, 6.07) is 0. The SMILES string of the molecule is ClCCOCCOC1C=CC=CO1. The van der Waals surface area contributed by atoms with E-state index in [4.69, 9.17) is 25.8 Å². The van der Waals surface area contributed by atoms with Crippen LogP contribution in [0.4, 0.5) is 0 Å².